The molecule has 0 spiro atoms. The molecule has 2 aromatic heterocycles. The highest BCUT2D eigenvalue weighted by Crippen LogP contribution is 2.39. The van der Waals surface area contributed by atoms with E-state index in [1.807, 2.05) is 61.5 Å². The summed E-state index contributed by atoms with van der Waals surface area (Å²) < 4.78 is 3.18. The maximum Gasteiger partial charge on any atom is 0.265 e. The van der Waals surface area contributed by atoms with Crippen LogP contribution >= 0.6 is 0 Å². The lowest BCUT2D eigenvalue weighted by Gasteiger charge is -2.13. The van der Waals surface area contributed by atoms with E-state index in [4.69, 9.17) is 4.98 Å². The number of hydrogen-bond acceptors (Lipinski definition) is 4. The summed E-state index contributed by atoms with van der Waals surface area (Å²) in [6.45, 7) is 1.89. The van der Waals surface area contributed by atoms with E-state index in [0.29, 0.717) is 22.5 Å². The smallest absolute Gasteiger partial charge is 0.265 e. The maximum atomic E-state index is 13.3. The van der Waals surface area contributed by atoms with Crippen molar-refractivity contribution in [3.05, 3.63) is 82.5 Å². The molecule has 1 N–H and O–H groups in total. The van der Waals surface area contributed by atoms with Gasteiger partial charge in [0.05, 0.1) is 11.9 Å². The summed E-state index contributed by atoms with van der Waals surface area (Å²) in [5, 5.41) is 7.67. The minimum absolute atomic E-state index is 0.0714. The molecule has 1 saturated carbocycles. The molecule has 1 fully saturated rings. The number of nitrogens with one attached hydrogen (secondary N) is 1. The number of carbonyl (C=O) groups excluding carboxylic acids is 1. The number of anilines is 1. The topological polar surface area (TPSA) is 81.8 Å². The Balaban J connectivity index is 1.54. The quantitative estimate of drug-likeness (QED) is 0.558. The highest BCUT2D eigenvalue weighted by molar-refractivity contribution is 5.90. The van der Waals surface area contributed by atoms with Crippen LogP contribution in [-0.2, 0) is 11.3 Å². The van der Waals surface area contributed by atoms with Crippen molar-refractivity contribution in [2.24, 2.45) is 0 Å². The normalized spacial score (nSPS) is 13.5. The summed E-state index contributed by atoms with van der Waals surface area (Å²) in [4.78, 5) is 30.7. The van der Waals surface area contributed by atoms with Crippen LogP contribution in [0.15, 0.2) is 65.6 Å². The van der Waals surface area contributed by atoms with E-state index in [9.17, 15) is 9.59 Å². The molecule has 0 radical (unpaired) electrons. The van der Waals surface area contributed by atoms with E-state index in [-0.39, 0.29) is 23.9 Å². The third-order valence-electron chi connectivity index (χ3n) is 5.26. The highest BCUT2D eigenvalue weighted by atomic mass is 16.2. The van der Waals surface area contributed by atoms with Gasteiger partial charge in [-0.2, -0.15) is 5.10 Å². The Hall–Kier alpha value is -3.74. The minimum atomic E-state index is -0.249. The number of nitrogens with zero attached hydrogens (tertiary/aromatic N) is 4. The third-order valence-corrected chi connectivity index (χ3v) is 5.26. The molecule has 1 aliphatic carbocycles. The third kappa shape index (κ3) is 3.39. The average Bonchev–Trinajstić information content (AvgIpc) is 3.49. The molecule has 5 rings (SSSR count). The van der Waals surface area contributed by atoms with Gasteiger partial charge in [0.1, 0.15) is 17.8 Å². The lowest BCUT2D eigenvalue weighted by atomic mass is 10.2. The van der Waals surface area contributed by atoms with Crippen molar-refractivity contribution >= 4 is 22.6 Å². The van der Waals surface area contributed by atoms with Crippen LogP contribution in [-0.4, -0.2) is 25.2 Å². The molecular formula is C23H21N5O2. The van der Waals surface area contributed by atoms with Gasteiger partial charge in [-0.3, -0.25) is 14.2 Å². The second-order valence-electron chi connectivity index (χ2n) is 7.68. The number of aromatic nitrogens is 4. The molecule has 0 saturated heterocycles. The number of carbonyl (C=O) groups is 1. The first kappa shape index (κ1) is 18.3. The Morgan fingerprint density at radius 1 is 1.13 bits per heavy atom. The summed E-state index contributed by atoms with van der Waals surface area (Å²) >= 11 is 0. The van der Waals surface area contributed by atoms with E-state index in [1.54, 1.807) is 4.68 Å². The summed E-state index contributed by atoms with van der Waals surface area (Å²) in [7, 11) is 0. The molecule has 150 valence electrons. The van der Waals surface area contributed by atoms with Gasteiger partial charge in [-0.15, -0.1) is 0 Å². The Morgan fingerprint density at radius 2 is 1.93 bits per heavy atom. The van der Waals surface area contributed by atoms with Crippen molar-refractivity contribution in [1.82, 2.24) is 19.3 Å². The zero-order valence-electron chi connectivity index (χ0n) is 16.6. The van der Waals surface area contributed by atoms with Gasteiger partial charge in [0, 0.05) is 11.6 Å². The van der Waals surface area contributed by atoms with Gasteiger partial charge in [0.2, 0.25) is 5.91 Å². The fourth-order valence-corrected chi connectivity index (χ4v) is 3.65. The average molecular weight is 399 g/mol. The van der Waals surface area contributed by atoms with E-state index in [1.165, 1.54) is 10.8 Å². The number of amides is 1. The number of benzene rings is 2. The molecule has 30 heavy (non-hydrogen) atoms. The van der Waals surface area contributed by atoms with Crippen molar-refractivity contribution in [2.45, 2.75) is 32.2 Å². The predicted molar refractivity (Wildman–Crippen MR) is 115 cm³/mol. The highest BCUT2D eigenvalue weighted by Gasteiger charge is 2.31. The van der Waals surface area contributed by atoms with Crippen LogP contribution in [0.2, 0.25) is 0 Å². The van der Waals surface area contributed by atoms with Crippen molar-refractivity contribution in [3.63, 3.8) is 0 Å². The summed E-state index contributed by atoms with van der Waals surface area (Å²) in [5.41, 5.74) is 2.91. The zero-order valence-corrected chi connectivity index (χ0v) is 16.6. The molecule has 4 aromatic rings. The fourth-order valence-electron chi connectivity index (χ4n) is 3.65. The van der Waals surface area contributed by atoms with Gasteiger partial charge in [0.25, 0.3) is 5.56 Å². The van der Waals surface area contributed by atoms with E-state index >= 15 is 0 Å². The molecule has 1 amide bonds. The largest absolute Gasteiger partial charge is 0.325 e. The van der Waals surface area contributed by atoms with Crippen LogP contribution in [0.25, 0.3) is 16.7 Å². The van der Waals surface area contributed by atoms with Crippen LogP contribution < -0.4 is 10.9 Å². The van der Waals surface area contributed by atoms with Gasteiger partial charge in [-0.1, -0.05) is 30.3 Å². The standard InChI is InChI=1S/C23H21N5O2/c1-15-6-5-7-17(12-15)25-20(29)14-27-21(16-10-11-16)26-22-19(23(27)30)13-24-28(22)18-8-3-2-4-9-18/h2-9,12-13,16H,10-11,14H2,1H3,(H,25,29). The van der Waals surface area contributed by atoms with Crippen molar-refractivity contribution < 1.29 is 4.79 Å². The first-order valence-corrected chi connectivity index (χ1v) is 10.0. The van der Waals surface area contributed by atoms with Crippen LogP contribution in [0, 0.1) is 6.92 Å². The second-order valence-corrected chi connectivity index (χ2v) is 7.68. The van der Waals surface area contributed by atoms with Crippen LogP contribution in [0.5, 0.6) is 0 Å². The lowest BCUT2D eigenvalue weighted by Crippen LogP contribution is -2.31. The van der Waals surface area contributed by atoms with Gasteiger partial charge < -0.3 is 5.32 Å². The van der Waals surface area contributed by atoms with Gasteiger partial charge >= 0.3 is 0 Å². The van der Waals surface area contributed by atoms with Crippen LogP contribution in [0.4, 0.5) is 5.69 Å². The number of fused-ring (bicyclic) bond motifs is 1. The second kappa shape index (κ2) is 7.26. The Labute approximate surface area is 173 Å². The molecule has 0 unspecified atom stereocenters. The summed E-state index contributed by atoms with van der Waals surface area (Å²) in [5.74, 6) is 0.610. The molecule has 0 atom stereocenters. The summed E-state index contributed by atoms with van der Waals surface area (Å²) in [6, 6.07) is 17.2. The predicted octanol–water partition coefficient (Wildman–Crippen LogP) is 3.41. The lowest BCUT2D eigenvalue weighted by molar-refractivity contribution is -0.116. The maximum absolute atomic E-state index is 13.3. The number of aryl methyl sites for hydroxylation is 1. The summed E-state index contributed by atoms with van der Waals surface area (Å²) in [6.07, 6.45) is 3.47. The molecule has 7 nitrogen and oxygen atoms in total. The fraction of sp³-hybridized carbons (Fsp3) is 0.217. The van der Waals surface area contributed by atoms with E-state index in [0.717, 1.165) is 24.1 Å². The first-order chi connectivity index (χ1) is 14.6. The molecular weight excluding hydrogens is 378 g/mol. The number of para-hydroxylation sites is 1. The SMILES string of the molecule is Cc1cccc(NC(=O)Cn2c(C3CC3)nc3c(cnn3-c3ccccc3)c2=O)c1. The Kier molecular flexibility index (Phi) is 4.43. The first-order valence-electron chi connectivity index (χ1n) is 10.0. The van der Waals surface area contributed by atoms with Gasteiger partial charge in [-0.25, -0.2) is 9.67 Å². The Bertz CT molecular complexity index is 1300. The number of hydrogen-bond donors (Lipinski definition) is 1. The molecule has 1 aliphatic rings. The van der Waals surface area contributed by atoms with Gasteiger partial charge in [0.15, 0.2) is 5.65 Å². The molecule has 2 aromatic carbocycles. The minimum Gasteiger partial charge on any atom is -0.325 e. The van der Waals surface area contributed by atoms with Crippen molar-refractivity contribution in [3.8, 4) is 5.69 Å². The Morgan fingerprint density at radius 3 is 2.67 bits per heavy atom. The van der Waals surface area contributed by atoms with E-state index < -0.39 is 0 Å². The zero-order chi connectivity index (χ0) is 20.7. The molecule has 0 aliphatic heterocycles. The van der Waals surface area contributed by atoms with Crippen molar-refractivity contribution in [1.29, 1.82) is 0 Å². The number of rotatable bonds is 5. The van der Waals surface area contributed by atoms with Crippen LogP contribution in [0.3, 0.4) is 0 Å². The van der Waals surface area contributed by atoms with Gasteiger partial charge in [-0.05, 0) is 49.6 Å². The van der Waals surface area contributed by atoms with E-state index in [2.05, 4.69) is 10.4 Å². The molecule has 7 heteroatoms. The monoisotopic (exact) mass is 399 g/mol. The molecule has 2 heterocycles. The van der Waals surface area contributed by atoms with Crippen molar-refractivity contribution in [2.75, 3.05) is 5.32 Å². The molecule has 0 bridgehead atoms. The van der Waals surface area contributed by atoms with Crippen LogP contribution in [0.1, 0.15) is 30.1 Å².